The first-order valence-corrected chi connectivity index (χ1v) is 6.39. The van der Waals surface area contributed by atoms with Crippen molar-refractivity contribution in [3.05, 3.63) is 0 Å². The third-order valence-electron chi connectivity index (χ3n) is 3.65. The molecule has 96 valence electrons. The first-order valence-electron chi connectivity index (χ1n) is 6.39. The van der Waals surface area contributed by atoms with E-state index in [-0.39, 0.29) is 0 Å². The van der Waals surface area contributed by atoms with E-state index >= 15 is 0 Å². The molecule has 3 nitrogen and oxygen atoms in total. The Hall–Kier alpha value is -0.120. The normalized spacial score (nSPS) is 30.9. The maximum absolute atomic E-state index is 10.6. The van der Waals surface area contributed by atoms with Crippen LogP contribution in [-0.2, 0) is 9.47 Å². The summed E-state index contributed by atoms with van der Waals surface area (Å²) in [7, 11) is 1.66. The van der Waals surface area contributed by atoms with Gasteiger partial charge in [0.15, 0.2) is 0 Å². The van der Waals surface area contributed by atoms with Crippen LogP contribution >= 0.6 is 0 Å². The molecule has 1 N–H and O–H groups in total. The lowest BCUT2D eigenvalue weighted by Crippen LogP contribution is -2.47. The van der Waals surface area contributed by atoms with Gasteiger partial charge < -0.3 is 14.6 Å². The summed E-state index contributed by atoms with van der Waals surface area (Å²) >= 11 is 0. The zero-order valence-electron chi connectivity index (χ0n) is 10.9. The molecule has 0 amide bonds. The molecule has 1 aliphatic carbocycles. The summed E-state index contributed by atoms with van der Waals surface area (Å²) in [6, 6.07) is 0. The molecule has 0 bridgehead atoms. The highest BCUT2D eigenvalue weighted by Crippen LogP contribution is 2.38. The minimum absolute atomic E-state index is 0.379. The molecule has 16 heavy (non-hydrogen) atoms. The molecule has 0 aromatic heterocycles. The van der Waals surface area contributed by atoms with Gasteiger partial charge in [-0.05, 0) is 24.7 Å². The largest absolute Gasteiger partial charge is 0.387 e. The Kier molecular flexibility index (Phi) is 5.73. The van der Waals surface area contributed by atoms with E-state index in [1.807, 2.05) is 0 Å². The molecular formula is C13H26O3. The van der Waals surface area contributed by atoms with Gasteiger partial charge in [-0.25, -0.2) is 0 Å². The molecule has 0 aromatic carbocycles. The third-order valence-corrected chi connectivity index (χ3v) is 3.65. The zero-order valence-corrected chi connectivity index (χ0v) is 10.9. The fraction of sp³-hybridized carbons (Fsp3) is 1.00. The maximum Gasteiger partial charge on any atom is 0.0910 e. The Morgan fingerprint density at radius 3 is 2.69 bits per heavy atom. The number of aliphatic hydroxyl groups is 1. The number of methoxy groups -OCH3 is 1. The number of ether oxygens (including phenoxy) is 2. The van der Waals surface area contributed by atoms with Crippen molar-refractivity contribution >= 4 is 0 Å². The molecule has 0 heterocycles. The number of rotatable bonds is 6. The Bertz CT molecular complexity index is 194. The van der Waals surface area contributed by atoms with Gasteiger partial charge in [-0.15, -0.1) is 0 Å². The highest BCUT2D eigenvalue weighted by atomic mass is 16.5. The van der Waals surface area contributed by atoms with Crippen LogP contribution in [0.2, 0.25) is 0 Å². The van der Waals surface area contributed by atoms with E-state index < -0.39 is 5.60 Å². The molecule has 2 atom stereocenters. The van der Waals surface area contributed by atoms with Gasteiger partial charge >= 0.3 is 0 Å². The SMILES string of the molecule is COCCOCC1(O)CCCCC1C(C)C. The molecule has 0 saturated heterocycles. The van der Waals surface area contributed by atoms with Crippen LogP contribution in [0, 0.1) is 11.8 Å². The minimum Gasteiger partial charge on any atom is -0.387 e. The van der Waals surface area contributed by atoms with Gasteiger partial charge in [0.05, 0.1) is 25.4 Å². The fourth-order valence-electron chi connectivity index (χ4n) is 2.77. The molecule has 0 radical (unpaired) electrons. The molecule has 0 spiro atoms. The van der Waals surface area contributed by atoms with Gasteiger partial charge in [-0.2, -0.15) is 0 Å². The van der Waals surface area contributed by atoms with E-state index in [9.17, 15) is 5.11 Å². The second-order valence-corrected chi connectivity index (χ2v) is 5.25. The van der Waals surface area contributed by atoms with Crippen LogP contribution in [0.1, 0.15) is 39.5 Å². The summed E-state index contributed by atoms with van der Waals surface area (Å²) in [6.07, 6.45) is 4.36. The smallest absolute Gasteiger partial charge is 0.0910 e. The first kappa shape index (κ1) is 13.9. The van der Waals surface area contributed by atoms with E-state index in [2.05, 4.69) is 13.8 Å². The van der Waals surface area contributed by atoms with Crippen molar-refractivity contribution in [1.82, 2.24) is 0 Å². The first-order chi connectivity index (χ1) is 7.60. The van der Waals surface area contributed by atoms with Crippen LogP contribution in [-0.4, -0.2) is 37.6 Å². The molecular weight excluding hydrogens is 204 g/mol. The van der Waals surface area contributed by atoms with Crippen LogP contribution < -0.4 is 0 Å². The predicted octanol–water partition coefficient (Wildman–Crippen LogP) is 2.23. The van der Waals surface area contributed by atoms with Crippen LogP contribution in [0.3, 0.4) is 0 Å². The minimum atomic E-state index is -0.611. The van der Waals surface area contributed by atoms with Crippen molar-refractivity contribution in [3.63, 3.8) is 0 Å². The van der Waals surface area contributed by atoms with E-state index in [0.29, 0.717) is 31.7 Å². The van der Waals surface area contributed by atoms with E-state index in [0.717, 1.165) is 19.3 Å². The van der Waals surface area contributed by atoms with Crippen molar-refractivity contribution in [2.24, 2.45) is 11.8 Å². The topological polar surface area (TPSA) is 38.7 Å². The van der Waals surface area contributed by atoms with Crippen LogP contribution in [0.15, 0.2) is 0 Å². The highest BCUT2D eigenvalue weighted by molar-refractivity contribution is 4.91. The van der Waals surface area contributed by atoms with Crippen LogP contribution in [0.4, 0.5) is 0 Å². The van der Waals surface area contributed by atoms with Gasteiger partial charge in [-0.3, -0.25) is 0 Å². The summed E-state index contributed by atoms with van der Waals surface area (Å²) in [5.41, 5.74) is -0.611. The van der Waals surface area contributed by atoms with E-state index in [1.54, 1.807) is 7.11 Å². The summed E-state index contributed by atoms with van der Waals surface area (Å²) in [4.78, 5) is 0. The lowest BCUT2D eigenvalue weighted by molar-refractivity contribution is -0.121. The summed E-state index contributed by atoms with van der Waals surface area (Å²) in [6.45, 7) is 6.01. The molecule has 2 unspecified atom stereocenters. The Morgan fingerprint density at radius 2 is 2.06 bits per heavy atom. The summed E-state index contributed by atoms with van der Waals surface area (Å²) in [5.74, 6) is 0.903. The molecule has 1 aliphatic rings. The van der Waals surface area contributed by atoms with Crippen molar-refractivity contribution in [1.29, 1.82) is 0 Å². The molecule has 1 saturated carbocycles. The second-order valence-electron chi connectivity index (χ2n) is 5.25. The zero-order chi connectivity index (χ0) is 12.0. The Balaban J connectivity index is 2.43. The fourth-order valence-corrected chi connectivity index (χ4v) is 2.77. The average Bonchev–Trinajstić information content (AvgIpc) is 2.25. The van der Waals surface area contributed by atoms with Gasteiger partial charge in [0.25, 0.3) is 0 Å². The van der Waals surface area contributed by atoms with Crippen molar-refractivity contribution in [2.45, 2.75) is 45.1 Å². The van der Waals surface area contributed by atoms with Crippen LogP contribution in [0.25, 0.3) is 0 Å². The van der Waals surface area contributed by atoms with E-state index in [4.69, 9.17) is 9.47 Å². The molecule has 0 aliphatic heterocycles. The van der Waals surface area contributed by atoms with Gasteiger partial charge in [0.2, 0.25) is 0 Å². The third kappa shape index (κ3) is 3.72. The monoisotopic (exact) mass is 230 g/mol. The lowest BCUT2D eigenvalue weighted by Gasteiger charge is -2.42. The quantitative estimate of drug-likeness (QED) is 0.711. The molecule has 1 fully saturated rings. The second kappa shape index (κ2) is 6.58. The lowest BCUT2D eigenvalue weighted by atomic mass is 9.70. The van der Waals surface area contributed by atoms with Gasteiger partial charge in [0.1, 0.15) is 0 Å². The standard InChI is InChI=1S/C13H26O3/c1-11(2)12-6-4-5-7-13(12,14)10-16-9-8-15-3/h11-12,14H,4-10H2,1-3H3. The van der Waals surface area contributed by atoms with Crippen LogP contribution in [0.5, 0.6) is 0 Å². The molecule has 0 aromatic rings. The van der Waals surface area contributed by atoms with E-state index in [1.165, 1.54) is 6.42 Å². The highest BCUT2D eigenvalue weighted by Gasteiger charge is 2.40. The molecule has 1 rings (SSSR count). The summed E-state index contributed by atoms with van der Waals surface area (Å²) in [5, 5.41) is 10.6. The van der Waals surface area contributed by atoms with Crippen molar-refractivity contribution in [2.75, 3.05) is 26.9 Å². The number of hydrogen-bond donors (Lipinski definition) is 1. The summed E-state index contributed by atoms with van der Waals surface area (Å²) < 4.78 is 10.5. The van der Waals surface area contributed by atoms with Gasteiger partial charge in [0, 0.05) is 7.11 Å². The maximum atomic E-state index is 10.6. The number of hydrogen-bond acceptors (Lipinski definition) is 3. The molecule has 3 heteroatoms. The Labute approximate surface area is 99.1 Å². The average molecular weight is 230 g/mol. The predicted molar refractivity (Wildman–Crippen MR) is 64.4 cm³/mol. The van der Waals surface area contributed by atoms with Gasteiger partial charge in [-0.1, -0.05) is 26.7 Å². The van der Waals surface area contributed by atoms with Crippen molar-refractivity contribution < 1.29 is 14.6 Å². The van der Waals surface area contributed by atoms with Crippen molar-refractivity contribution in [3.8, 4) is 0 Å². The Morgan fingerprint density at radius 1 is 1.31 bits per heavy atom.